The normalized spacial score (nSPS) is 10.8. The first kappa shape index (κ1) is 21.0. The zero-order valence-corrected chi connectivity index (χ0v) is 19.0. The highest BCUT2D eigenvalue weighted by atomic mass is 14.2. The molecule has 0 amide bonds. The fourth-order valence-electron chi connectivity index (χ4n) is 4.64. The number of hydrogen-bond donors (Lipinski definition) is 0. The summed E-state index contributed by atoms with van der Waals surface area (Å²) < 4.78 is 0. The van der Waals surface area contributed by atoms with Gasteiger partial charge in [-0.3, -0.25) is 0 Å². The van der Waals surface area contributed by atoms with Crippen molar-refractivity contribution < 1.29 is 0 Å². The number of hydrogen-bond acceptors (Lipinski definition) is 0. The predicted molar refractivity (Wildman–Crippen MR) is 142 cm³/mol. The summed E-state index contributed by atoms with van der Waals surface area (Å²) in [6.45, 7) is 2.27. The van der Waals surface area contributed by atoms with Crippen molar-refractivity contribution in [3.63, 3.8) is 0 Å². The summed E-state index contributed by atoms with van der Waals surface area (Å²) in [6.07, 6.45) is 2.16. The van der Waals surface area contributed by atoms with E-state index < -0.39 is 0 Å². The molecule has 0 aromatic heterocycles. The second-order valence-electron chi connectivity index (χ2n) is 8.48. The molecule has 0 saturated heterocycles. The van der Waals surface area contributed by atoms with Crippen molar-refractivity contribution in [3.8, 4) is 44.5 Å². The summed E-state index contributed by atoms with van der Waals surface area (Å²) in [5.74, 6) is 0. The first-order valence-corrected chi connectivity index (χ1v) is 11.8. The van der Waals surface area contributed by atoms with Crippen LogP contribution in [0.25, 0.3) is 44.5 Å². The van der Waals surface area contributed by atoms with E-state index >= 15 is 0 Å². The molecule has 160 valence electrons. The van der Waals surface area contributed by atoms with E-state index in [0.29, 0.717) is 0 Å². The fourth-order valence-corrected chi connectivity index (χ4v) is 4.64. The molecule has 0 N–H and O–H groups in total. The summed E-state index contributed by atoms with van der Waals surface area (Å²) in [7, 11) is 0. The first-order valence-electron chi connectivity index (χ1n) is 11.8. The summed E-state index contributed by atoms with van der Waals surface area (Å²) >= 11 is 0. The molecule has 5 aromatic carbocycles. The monoisotopic (exact) mass is 424 g/mol. The third kappa shape index (κ3) is 4.52. The molecule has 0 aliphatic heterocycles. The van der Waals surface area contributed by atoms with Gasteiger partial charge in [-0.2, -0.15) is 0 Å². The molecule has 0 atom stereocenters. The standard InChI is InChI=1S/C33H28/c1-2-12-33-31(29-19-9-17-27(23-29)25-13-5-3-6-14-25)21-11-22-32(33)30-20-10-18-28(24-30)26-15-7-4-8-16-26/h3-11,13-24H,2,12H2,1H3. The van der Waals surface area contributed by atoms with E-state index in [-0.39, 0.29) is 0 Å². The van der Waals surface area contributed by atoms with Gasteiger partial charge in [-0.05, 0) is 68.6 Å². The minimum absolute atomic E-state index is 1.05. The highest BCUT2D eigenvalue weighted by Crippen LogP contribution is 2.36. The van der Waals surface area contributed by atoms with E-state index in [0.717, 1.165) is 12.8 Å². The van der Waals surface area contributed by atoms with Gasteiger partial charge in [0.1, 0.15) is 0 Å². The summed E-state index contributed by atoms with van der Waals surface area (Å²) in [4.78, 5) is 0. The Labute approximate surface area is 197 Å². The molecule has 0 aliphatic carbocycles. The van der Waals surface area contributed by atoms with Crippen LogP contribution in [0.3, 0.4) is 0 Å². The Kier molecular flexibility index (Phi) is 6.17. The van der Waals surface area contributed by atoms with Gasteiger partial charge in [-0.15, -0.1) is 0 Å². The summed E-state index contributed by atoms with van der Waals surface area (Å²) in [6, 6.07) is 45.9. The molecule has 0 nitrogen and oxygen atoms in total. The van der Waals surface area contributed by atoms with Gasteiger partial charge in [0.2, 0.25) is 0 Å². The van der Waals surface area contributed by atoms with E-state index in [2.05, 4.69) is 134 Å². The van der Waals surface area contributed by atoms with Crippen molar-refractivity contribution >= 4 is 0 Å². The molecule has 0 bridgehead atoms. The lowest BCUT2D eigenvalue weighted by Crippen LogP contribution is -1.95. The Morgan fingerprint density at radius 3 is 1.24 bits per heavy atom. The third-order valence-electron chi connectivity index (χ3n) is 6.24. The molecular formula is C33H28. The molecule has 5 aromatic rings. The molecule has 0 heteroatoms. The Morgan fingerprint density at radius 1 is 0.394 bits per heavy atom. The zero-order chi connectivity index (χ0) is 22.5. The Bertz CT molecular complexity index is 1250. The van der Waals surface area contributed by atoms with E-state index in [4.69, 9.17) is 0 Å². The van der Waals surface area contributed by atoms with E-state index in [9.17, 15) is 0 Å². The smallest absolute Gasteiger partial charge is 0.0146 e. The van der Waals surface area contributed by atoms with Gasteiger partial charge >= 0.3 is 0 Å². The van der Waals surface area contributed by atoms with Crippen molar-refractivity contribution in [2.45, 2.75) is 19.8 Å². The summed E-state index contributed by atoms with van der Waals surface area (Å²) in [5, 5.41) is 0. The average Bonchev–Trinajstić information content (AvgIpc) is 2.90. The highest BCUT2D eigenvalue weighted by molar-refractivity contribution is 5.82. The van der Waals surface area contributed by atoms with Crippen molar-refractivity contribution in [2.75, 3.05) is 0 Å². The zero-order valence-electron chi connectivity index (χ0n) is 19.0. The minimum Gasteiger partial charge on any atom is -0.0651 e. The van der Waals surface area contributed by atoms with Crippen LogP contribution in [-0.4, -0.2) is 0 Å². The maximum absolute atomic E-state index is 2.33. The third-order valence-corrected chi connectivity index (χ3v) is 6.24. The average molecular weight is 425 g/mol. The number of benzene rings is 5. The van der Waals surface area contributed by atoms with Crippen molar-refractivity contribution in [2.24, 2.45) is 0 Å². The topological polar surface area (TPSA) is 0 Å². The van der Waals surface area contributed by atoms with Crippen LogP contribution in [0, 0.1) is 0 Å². The first-order chi connectivity index (χ1) is 16.3. The van der Waals surface area contributed by atoms with Gasteiger partial charge in [0.05, 0.1) is 0 Å². The van der Waals surface area contributed by atoms with Gasteiger partial charge in [0, 0.05) is 0 Å². The van der Waals surface area contributed by atoms with Gasteiger partial charge in [0.25, 0.3) is 0 Å². The molecular weight excluding hydrogens is 396 g/mol. The Hall–Kier alpha value is -3.90. The molecule has 0 saturated carbocycles. The van der Waals surface area contributed by atoms with Crippen LogP contribution < -0.4 is 0 Å². The fraction of sp³-hybridized carbons (Fsp3) is 0.0909. The van der Waals surface area contributed by atoms with Crippen LogP contribution >= 0.6 is 0 Å². The lowest BCUT2D eigenvalue weighted by Gasteiger charge is -2.17. The van der Waals surface area contributed by atoms with Crippen LogP contribution in [0.1, 0.15) is 18.9 Å². The van der Waals surface area contributed by atoms with Crippen LogP contribution in [0.5, 0.6) is 0 Å². The Balaban J connectivity index is 1.61. The molecule has 0 unspecified atom stereocenters. The van der Waals surface area contributed by atoms with Gasteiger partial charge < -0.3 is 0 Å². The predicted octanol–water partition coefficient (Wildman–Crippen LogP) is 9.31. The van der Waals surface area contributed by atoms with Crippen LogP contribution in [0.4, 0.5) is 0 Å². The van der Waals surface area contributed by atoms with E-state index in [1.807, 2.05) is 0 Å². The van der Waals surface area contributed by atoms with Gasteiger partial charge in [-0.1, -0.05) is 129 Å². The lowest BCUT2D eigenvalue weighted by molar-refractivity contribution is 0.925. The maximum Gasteiger partial charge on any atom is -0.0146 e. The van der Waals surface area contributed by atoms with E-state index in [1.165, 1.54) is 50.1 Å². The lowest BCUT2D eigenvalue weighted by atomic mass is 9.88. The van der Waals surface area contributed by atoms with E-state index in [1.54, 1.807) is 0 Å². The largest absolute Gasteiger partial charge is 0.0651 e. The molecule has 5 rings (SSSR count). The maximum atomic E-state index is 2.33. The van der Waals surface area contributed by atoms with Crippen LogP contribution in [0.15, 0.2) is 127 Å². The second-order valence-corrected chi connectivity index (χ2v) is 8.48. The number of rotatable bonds is 6. The quantitative estimate of drug-likeness (QED) is 0.255. The minimum atomic E-state index is 1.05. The molecule has 0 aliphatic rings. The van der Waals surface area contributed by atoms with Gasteiger partial charge in [0.15, 0.2) is 0 Å². The van der Waals surface area contributed by atoms with Crippen LogP contribution in [0.2, 0.25) is 0 Å². The Morgan fingerprint density at radius 2 is 0.788 bits per heavy atom. The van der Waals surface area contributed by atoms with Crippen molar-refractivity contribution in [3.05, 3.63) is 133 Å². The SMILES string of the molecule is CCCc1c(-c2cccc(-c3ccccc3)c2)cccc1-c1cccc(-c2ccccc2)c1. The molecule has 0 heterocycles. The highest BCUT2D eigenvalue weighted by Gasteiger charge is 2.13. The molecule has 33 heavy (non-hydrogen) atoms. The second kappa shape index (κ2) is 9.71. The summed E-state index contributed by atoms with van der Waals surface area (Å²) in [5.41, 5.74) is 11.7. The van der Waals surface area contributed by atoms with Crippen molar-refractivity contribution in [1.29, 1.82) is 0 Å². The van der Waals surface area contributed by atoms with Crippen molar-refractivity contribution in [1.82, 2.24) is 0 Å². The van der Waals surface area contributed by atoms with Crippen LogP contribution in [-0.2, 0) is 6.42 Å². The van der Waals surface area contributed by atoms with Gasteiger partial charge in [-0.25, -0.2) is 0 Å². The molecule has 0 spiro atoms. The molecule has 0 fully saturated rings. The molecule has 0 radical (unpaired) electrons.